The number of thiazole rings is 1. The van der Waals surface area contributed by atoms with E-state index in [9.17, 15) is 8.42 Å². The van der Waals surface area contributed by atoms with E-state index in [0.29, 0.717) is 17.1 Å². The number of benzene rings is 2. The van der Waals surface area contributed by atoms with Crippen LogP contribution in [0.3, 0.4) is 0 Å². The van der Waals surface area contributed by atoms with Crippen LogP contribution in [0.1, 0.15) is 38.8 Å². The number of nitrogens with zero attached hydrogens (tertiary/aromatic N) is 4. The number of methoxy groups -OCH3 is 1. The minimum Gasteiger partial charge on any atom is -0.495 e. The predicted octanol–water partition coefficient (Wildman–Crippen LogP) is 6.92. The Morgan fingerprint density at radius 2 is 1.83 bits per heavy atom. The van der Waals surface area contributed by atoms with Crippen molar-refractivity contribution in [1.29, 1.82) is 0 Å². The Bertz CT molecular complexity index is 1620. The van der Waals surface area contributed by atoms with E-state index < -0.39 is 15.1 Å². The van der Waals surface area contributed by atoms with E-state index in [1.807, 2.05) is 18.2 Å². The average molecular weight is 613 g/mol. The number of likely N-dealkylation sites (tertiary alicyclic amines) is 1. The zero-order valence-electron chi connectivity index (χ0n) is 23.2. The number of para-hydroxylation sites is 1. The molecule has 9 nitrogen and oxygen atoms in total. The molecule has 12 heteroatoms. The molecule has 1 saturated heterocycles. The molecule has 0 unspecified atom stereocenters. The Morgan fingerprint density at radius 1 is 1.05 bits per heavy atom. The van der Waals surface area contributed by atoms with Crippen LogP contribution < -0.4 is 15.4 Å². The first-order chi connectivity index (χ1) is 19.7. The van der Waals surface area contributed by atoms with Crippen LogP contribution in [0.4, 0.5) is 23.1 Å². The lowest BCUT2D eigenvalue weighted by Crippen LogP contribution is -2.29. The molecular weight excluding hydrogens is 580 g/mol. The summed E-state index contributed by atoms with van der Waals surface area (Å²) < 4.78 is 31.5. The maximum Gasteiger partial charge on any atom is 0.229 e. The number of ether oxygens (including phenoxy) is 1. The summed E-state index contributed by atoms with van der Waals surface area (Å²) in [5.74, 6) is 1.15. The molecule has 41 heavy (non-hydrogen) atoms. The summed E-state index contributed by atoms with van der Waals surface area (Å²) in [6, 6.07) is 12.5. The van der Waals surface area contributed by atoms with Crippen molar-refractivity contribution in [2.24, 2.45) is 0 Å². The molecule has 4 aromatic rings. The normalized spacial score (nSPS) is 14.3. The van der Waals surface area contributed by atoms with Crippen LogP contribution in [0, 0.1) is 0 Å². The van der Waals surface area contributed by atoms with Crippen molar-refractivity contribution in [3.63, 3.8) is 0 Å². The lowest BCUT2D eigenvalue weighted by molar-refractivity contribution is 0.219. The van der Waals surface area contributed by atoms with Crippen molar-refractivity contribution in [3.8, 4) is 16.3 Å². The van der Waals surface area contributed by atoms with Crippen molar-refractivity contribution < 1.29 is 13.2 Å². The van der Waals surface area contributed by atoms with Crippen LogP contribution in [0.15, 0.2) is 58.9 Å². The number of hydrogen-bond donors (Lipinski definition) is 2. The van der Waals surface area contributed by atoms with E-state index in [0.717, 1.165) is 35.9 Å². The number of halogens is 1. The number of sulfone groups is 1. The van der Waals surface area contributed by atoms with Gasteiger partial charge in [-0.2, -0.15) is 4.98 Å². The molecule has 1 aliphatic rings. The molecular formula is C29H33ClN6O3S2. The quantitative estimate of drug-likeness (QED) is 0.197. The molecule has 216 valence electrons. The molecule has 0 saturated carbocycles. The monoisotopic (exact) mass is 612 g/mol. The Labute approximate surface area is 249 Å². The van der Waals surface area contributed by atoms with Crippen molar-refractivity contribution in [2.45, 2.75) is 49.8 Å². The van der Waals surface area contributed by atoms with E-state index >= 15 is 0 Å². The van der Waals surface area contributed by atoms with Gasteiger partial charge < -0.3 is 15.4 Å². The lowest BCUT2D eigenvalue weighted by Gasteiger charge is -2.25. The van der Waals surface area contributed by atoms with E-state index in [1.54, 1.807) is 56.6 Å². The second kappa shape index (κ2) is 12.7. The largest absolute Gasteiger partial charge is 0.495 e. The third-order valence-corrected chi connectivity index (χ3v) is 10.3. The van der Waals surface area contributed by atoms with Crippen LogP contribution in [-0.2, 0) is 16.4 Å². The number of nitrogens with one attached hydrogen (secondary N) is 2. The molecule has 0 aliphatic carbocycles. The summed E-state index contributed by atoms with van der Waals surface area (Å²) in [5.41, 5.74) is 3.10. The first-order valence-electron chi connectivity index (χ1n) is 13.5. The van der Waals surface area contributed by atoms with Gasteiger partial charge in [-0.1, -0.05) is 30.2 Å². The minimum absolute atomic E-state index is 0.178. The summed E-state index contributed by atoms with van der Waals surface area (Å²) in [4.78, 5) is 16.3. The van der Waals surface area contributed by atoms with Gasteiger partial charge in [0.1, 0.15) is 15.8 Å². The molecule has 0 atom stereocenters. The number of anilines is 4. The molecule has 1 aliphatic heterocycles. The molecule has 3 heterocycles. The average Bonchev–Trinajstić information content (AvgIpc) is 3.44. The van der Waals surface area contributed by atoms with Crippen molar-refractivity contribution in [3.05, 3.63) is 64.8 Å². The number of piperidine rings is 1. The van der Waals surface area contributed by atoms with Gasteiger partial charge in [-0.05, 0) is 70.1 Å². The van der Waals surface area contributed by atoms with Gasteiger partial charge in [0.25, 0.3) is 0 Å². The van der Waals surface area contributed by atoms with E-state index in [-0.39, 0.29) is 21.7 Å². The summed E-state index contributed by atoms with van der Waals surface area (Å²) in [6.07, 6.45) is 5.28. The Balaban J connectivity index is 1.35. The Morgan fingerprint density at radius 3 is 2.59 bits per heavy atom. The fourth-order valence-electron chi connectivity index (χ4n) is 4.62. The summed E-state index contributed by atoms with van der Waals surface area (Å²) in [6.45, 7) is 6.44. The minimum atomic E-state index is -3.53. The Kier molecular flexibility index (Phi) is 9.08. The first kappa shape index (κ1) is 29.2. The standard InChI is InChI=1S/C29H33ClN6O3S2/c1-19(2)41(37,38)26-10-6-5-9-24(26)33-27-22(30)16-31-29(35-27)34-23-12-11-20(15-25(23)39-3)28-32-21(18-40-28)17-36-13-7-4-8-14-36/h5-6,9-12,15-16,18-19H,4,7-8,13-14,17H2,1-3H3,(H2,31,33,34,35). The van der Waals surface area contributed by atoms with Crippen LogP contribution in [0.5, 0.6) is 5.75 Å². The van der Waals surface area contributed by atoms with Crippen molar-refractivity contribution in [1.82, 2.24) is 19.9 Å². The number of hydrogen-bond acceptors (Lipinski definition) is 10. The zero-order valence-corrected chi connectivity index (χ0v) is 25.6. The topological polar surface area (TPSA) is 109 Å². The van der Waals surface area contributed by atoms with Gasteiger partial charge in [0.15, 0.2) is 15.7 Å². The molecule has 0 radical (unpaired) electrons. The highest BCUT2D eigenvalue weighted by molar-refractivity contribution is 7.92. The van der Waals surface area contributed by atoms with Crippen LogP contribution in [-0.4, -0.2) is 53.7 Å². The second-order valence-corrected chi connectivity index (χ2v) is 13.9. The maximum atomic E-state index is 12.9. The van der Waals surface area contributed by atoms with E-state index in [2.05, 4.69) is 30.9 Å². The molecule has 0 spiro atoms. The molecule has 0 bridgehead atoms. The molecule has 0 amide bonds. The fraction of sp³-hybridized carbons (Fsp3) is 0.345. The van der Waals surface area contributed by atoms with Gasteiger partial charge >= 0.3 is 0 Å². The molecule has 2 aromatic heterocycles. The molecule has 5 rings (SSSR count). The van der Waals surface area contributed by atoms with Crippen LogP contribution in [0.2, 0.25) is 5.02 Å². The zero-order chi connectivity index (χ0) is 29.0. The third kappa shape index (κ3) is 6.81. The van der Waals surface area contributed by atoms with Crippen LogP contribution >= 0.6 is 22.9 Å². The van der Waals surface area contributed by atoms with Crippen molar-refractivity contribution >= 4 is 55.9 Å². The van der Waals surface area contributed by atoms with Gasteiger partial charge in [-0.15, -0.1) is 11.3 Å². The summed E-state index contributed by atoms with van der Waals surface area (Å²) in [7, 11) is -1.92. The van der Waals surface area contributed by atoms with E-state index in [4.69, 9.17) is 21.3 Å². The third-order valence-electron chi connectivity index (χ3n) is 6.89. The maximum absolute atomic E-state index is 12.9. The van der Waals surface area contributed by atoms with Crippen LogP contribution in [0.25, 0.3) is 10.6 Å². The van der Waals surface area contributed by atoms with Crippen molar-refractivity contribution in [2.75, 3.05) is 30.8 Å². The van der Waals surface area contributed by atoms with Gasteiger partial charge in [-0.3, -0.25) is 4.90 Å². The lowest BCUT2D eigenvalue weighted by atomic mass is 10.1. The number of rotatable bonds is 10. The van der Waals surface area contributed by atoms with Gasteiger partial charge in [0, 0.05) is 17.5 Å². The fourth-order valence-corrected chi connectivity index (χ4v) is 6.77. The molecule has 2 N–H and O–H groups in total. The number of aromatic nitrogens is 3. The van der Waals surface area contributed by atoms with Gasteiger partial charge in [0.05, 0.1) is 40.5 Å². The first-order valence-corrected chi connectivity index (χ1v) is 16.3. The predicted molar refractivity (Wildman–Crippen MR) is 166 cm³/mol. The summed E-state index contributed by atoms with van der Waals surface area (Å²) in [5, 5.41) is 9.00. The highest BCUT2D eigenvalue weighted by Gasteiger charge is 2.23. The summed E-state index contributed by atoms with van der Waals surface area (Å²) >= 11 is 8.02. The highest BCUT2D eigenvalue weighted by atomic mass is 35.5. The Hall–Kier alpha value is -3.25. The molecule has 1 fully saturated rings. The second-order valence-electron chi connectivity index (χ2n) is 10.1. The highest BCUT2D eigenvalue weighted by Crippen LogP contribution is 2.35. The SMILES string of the molecule is COc1cc(-c2nc(CN3CCCCC3)cs2)ccc1Nc1ncc(Cl)c(Nc2ccccc2S(=O)(=O)C(C)C)n1. The molecule has 2 aromatic carbocycles. The van der Waals surface area contributed by atoms with Gasteiger partial charge in [0.2, 0.25) is 5.95 Å². The van der Waals surface area contributed by atoms with Gasteiger partial charge in [-0.25, -0.2) is 18.4 Å². The smallest absolute Gasteiger partial charge is 0.229 e. The van der Waals surface area contributed by atoms with E-state index in [1.165, 1.54) is 25.5 Å².